The molecule has 1 aliphatic heterocycles. The highest BCUT2D eigenvalue weighted by molar-refractivity contribution is 4.70. The van der Waals surface area contributed by atoms with E-state index in [0.717, 1.165) is 39.4 Å². The highest BCUT2D eigenvalue weighted by Gasteiger charge is 2.19. The van der Waals surface area contributed by atoms with Crippen LogP contribution >= 0.6 is 0 Å². The van der Waals surface area contributed by atoms with Crippen LogP contribution in [0.4, 0.5) is 0 Å². The zero-order chi connectivity index (χ0) is 8.81. The summed E-state index contributed by atoms with van der Waals surface area (Å²) in [5, 5.41) is 1.85. The number of rotatable bonds is 4. The number of hydrogen-bond acceptors (Lipinski definition) is 4. The van der Waals surface area contributed by atoms with Crippen LogP contribution in [0.15, 0.2) is 0 Å². The SMILES string of the molecule is CCOCCC1COCCN1N. The first kappa shape index (κ1) is 9.92. The summed E-state index contributed by atoms with van der Waals surface area (Å²) < 4.78 is 10.6. The number of nitrogens with two attached hydrogens (primary N) is 1. The van der Waals surface area contributed by atoms with Crippen LogP contribution in [0.2, 0.25) is 0 Å². The van der Waals surface area contributed by atoms with Crippen molar-refractivity contribution >= 4 is 0 Å². The van der Waals surface area contributed by atoms with Gasteiger partial charge in [-0.3, -0.25) is 5.84 Å². The van der Waals surface area contributed by atoms with Gasteiger partial charge in [-0.25, -0.2) is 5.01 Å². The van der Waals surface area contributed by atoms with Crippen LogP contribution < -0.4 is 5.84 Å². The summed E-state index contributed by atoms with van der Waals surface area (Å²) in [6.45, 7) is 5.87. The predicted molar refractivity (Wildman–Crippen MR) is 46.6 cm³/mol. The Bertz CT molecular complexity index is 122. The van der Waals surface area contributed by atoms with E-state index in [2.05, 4.69) is 0 Å². The topological polar surface area (TPSA) is 47.7 Å². The van der Waals surface area contributed by atoms with Gasteiger partial charge in [-0.15, -0.1) is 0 Å². The molecule has 4 heteroatoms. The first-order valence-corrected chi connectivity index (χ1v) is 4.51. The number of hydrazine groups is 1. The van der Waals surface area contributed by atoms with Gasteiger partial charge in [-0.05, 0) is 13.3 Å². The third-order valence-electron chi connectivity index (χ3n) is 2.07. The summed E-state index contributed by atoms with van der Waals surface area (Å²) in [5.41, 5.74) is 0. The quantitative estimate of drug-likeness (QED) is 0.481. The van der Waals surface area contributed by atoms with Gasteiger partial charge in [-0.1, -0.05) is 0 Å². The molecule has 0 aromatic heterocycles. The van der Waals surface area contributed by atoms with Crippen molar-refractivity contribution in [3.05, 3.63) is 0 Å². The fourth-order valence-electron chi connectivity index (χ4n) is 1.28. The first-order valence-electron chi connectivity index (χ1n) is 4.51. The Balaban J connectivity index is 2.11. The van der Waals surface area contributed by atoms with Crippen molar-refractivity contribution in [3.8, 4) is 0 Å². The molecule has 0 aromatic rings. The molecule has 1 aliphatic rings. The van der Waals surface area contributed by atoms with Crippen molar-refractivity contribution in [1.82, 2.24) is 5.01 Å². The lowest BCUT2D eigenvalue weighted by Gasteiger charge is -2.31. The van der Waals surface area contributed by atoms with Gasteiger partial charge in [-0.2, -0.15) is 0 Å². The summed E-state index contributed by atoms with van der Waals surface area (Å²) >= 11 is 0. The van der Waals surface area contributed by atoms with E-state index in [1.807, 2.05) is 11.9 Å². The molecule has 0 aromatic carbocycles. The monoisotopic (exact) mass is 174 g/mol. The standard InChI is InChI=1S/C8H18N2O2/c1-2-11-5-3-8-7-12-6-4-10(8)9/h8H,2-7,9H2,1H3. The van der Waals surface area contributed by atoms with Crippen molar-refractivity contribution in [1.29, 1.82) is 0 Å². The summed E-state index contributed by atoms with van der Waals surface area (Å²) in [5.74, 6) is 5.76. The molecule has 0 aliphatic carbocycles. The van der Waals surface area contributed by atoms with Crippen molar-refractivity contribution in [3.63, 3.8) is 0 Å². The molecule has 72 valence electrons. The zero-order valence-electron chi connectivity index (χ0n) is 7.66. The van der Waals surface area contributed by atoms with Crippen LogP contribution in [0.3, 0.4) is 0 Å². The van der Waals surface area contributed by atoms with Gasteiger partial charge >= 0.3 is 0 Å². The molecule has 1 fully saturated rings. The third-order valence-corrected chi connectivity index (χ3v) is 2.07. The van der Waals surface area contributed by atoms with Crippen LogP contribution in [0.25, 0.3) is 0 Å². The second-order valence-corrected chi connectivity index (χ2v) is 2.95. The zero-order valence-corrected chi connectivity index (χ0v) is 7.66. The molecule has 1 saturated heterocycles. The molecular weight excluding hydrogens is 156 g/mol. The Labute approximate surface area is 73.6 Å². The van der Waals surface area contributed by atoms with Crippen LogP contribution in [0.1, 0.15) is 13.3 Å². The Kier molecular flexibility index (Phi) is 4.53. The van der Waals surface area contributed by atoms with Crippen molar-refractivity contribution < 1.29 is 9.47 Å². The van der Waals surface area contributed by atoms with Gasteiger partial charge in [0, 0.05) is 25.8 Å². The third kappa shape index (κ3) is 3.06. The molecule has 0 saturated carbocycles. The number of morpholine rings is 1. The smallest absolute Gasteiger partial charge is 0.0637 e. The molecule has 1 heterocycles. The summed E-state index contributed by atoms with van der Waals surface area (Å²) in [7, 11) is 0. The van der Waals surface area contributed by atoms with E-state index in [4.69, 9.17) is 15.3 Å². The van der Waals surface area contributed by atoms with E-state index in [1.165, 1.54) is 0 Å². The lowest BCUT2D eigenvalue weighted by Crippen LogP contribution is -2.49. The number of ether oxygens (including phenoxy) is 2. The molecule has 1 unspecified atom stereocenters. The molecular formula is C8H18N2O2. The van der Waals surface area contributed by atoms with Crippen LogP contribution in [-0.2, 0) is 9.47 Å². The average Bonchev–Trinajstić information content (AvgIpc) is 2.09. The Morgan fingerprint density at radius 3 is 3.17 bits per heavy atom. The van der Waals surface area contributed by atoms with Crippen LogP contribution in [0.5, 0.6) is 0 Å². The molecule has 1 rings (SSSR count). The summed E-state index contributed by atoms with van der Waals surface area (Å²) in [4.78, 5) is 0. The Hall–Kier alpha value is -0.160. The van der Waals surface area contributed by atoms with E-state index in [9.17, 15) is 0 Å². The minimum atomic E-state index is 0.338. The highest BCUT2D eigenvalue weighted by atomic mass is 16.5. The van der Waals surface area contributed by atoms with Gasteiger partial charge in [0.05, 0.1) is 13.2 Å². The minimum absolute atomic E-state index is 0.338. The molecule has 0 bridgehead atoms. The summed E-state index contributed by atoms with van der Waals surface area (Å²) in [6, 6.07) is 0.338. The normalized spacial score (nSPS) is 26.0. The van der Waals surface area contributed by atoms with E-state index in [-0.39, 0.29) is 0 Å². The average molecular weight is 174 g/mol. The second kappa shape index (κ2) is 5.48. The van der Waals surface area contributed by atoms with Gasteiger partial charge < -0.3 is 9.47 Å². The van der Waals surface area contributed by atoms with Gasteiger partial charge in [0.2, 0.25) is 0 Å². The molecule has 1 atom stereocenters. The van der Waals surface area contributed by atoms with Crippen LogP contribution in [-0.4, -0.2) is 44.0 Å². The van der Waals surface area contributed by atoms with E-state index >= 15 is 0 Å². The molecule has 4 nitrogen and oxygen atoms in total. The van der Waals surface area contributed by atoms with E-state index in [0.29, 0.717) is 6.04 Å². The molecule has 12 heavy (non-hydrogen) atoms. The van der Waals surface area contributed by atoms with Crippen molar-refractivity contribution in [2.24, 2.45) is 5.84 Å². The largest absolute Gasteiger partial charge is 0.382 e. The molecule has 2 N–H and O–H groups in total. The lowest BCUT2D eigenvalue weighted by atomic mass is 10.2. The lowest BCUT2D eigenvalue weighted by molar-refractivity contribution is -0.0206. The minimum Gasteiger partial charge on any atom is -0.382 e. The first-order chi connectivity index (χ1) is 5.84. The van der Waals surface area contributed by atoms with Crippen molar-refractivity contribution in [2.45, 2.75) is 19.4 Å². The number of nitrogens with zero attached hydrogens (tertiary/aromatic N) is 1. The highest BCUT2D eigenvalue weighted by Crippen LogP contribution is 2.05. The van der Waals surface area contributed by atoms with E-state index < -0.39 is 0 Å². The maximum Gasteiger partial charge on any atom is 0.0637 e. The van der Waals surface area contributed by atoms with Gasteiger partial charge in [0.15, 0.2) is 0 Å². The molecule has 0 radical (unpaired) electrons. The summed E-state index contributed by atoms with van der Waals surface area (Å²) in [6.07, 6.45) is 0.963. The van der Waals surface area contributed by atoms with E-state index in [1.54, 1.807) is 0 Å². The Morgan fingerprint density at radius 1 is 1.67 bits per heavy atom. The van der Waals surface area contributed by atoms with Crippen molar-refractivity contribution in [2.75, 3.05) is 33.0 Å². The predicted octanol–water partition coefficient (Wildman–Crippen LogP) is -0.0125. The second-order valence-electron chi connectivity index (χ2n) is 2.95. The van der Waals surface area contributed by atoms with Gasteiger partial charge in [0.25, 0.3) is 0 Å². The maximum absolute atomic E-state index is 5.76. The fourth-order valence-corrected chi connectivity index (χ4v) is 1.28. The van der Waals surface area contributed by atoms with Gasteiger partial charge in [0.1, 0.15) is 0 Å². The maximum atomic E-state index is 5.76. The molecule has 0 spiro atoms. The number of hydrogen-bond donors (Lipinski definition) is 1. The van der Waals surface area contributed by atoms with Crippen LogP contribution in [0, 0.1) is 0 Å². The fraction of sp³-hybridized carbons (Fsp3) is 1.00. The molecule has 0 amide bonds. The Morgan fingerprint density at radius 2 is 2.50 bits per heavy atom.